The molecule has 100 heavy (non-hydrogen) atoms. The third-order valence-electron chi connectivity index (χ3n) is 20.6. The second-order valence-corrected chi connectivity index (χ2v) is 28.4. The van der Waals surface area contributed by atoms with Crippen LogP contribution < -0.4 is 9.80 Å². The summed E-state index contributed by atoms with van der Waals surface area (Å²) in [6, 6.07) is 135. The van der Waals surface area contributed by atoms with Crippen molar-refractivity contribution in [1.29, 1.82) is 0 Å². The molecule has 0 spiro atoms. The SMILES string of the molecule is c1ccc(-c2ccc(N(c3ccc(-c4cccc5c4sc4ccc(-c6ccc7ccc8cc(N(c9ccc(-c%10ccccc%10)cc9)c9ccc(-c%10cccc%11sc%12ccccc%12c%10%11)cc9)c9ccccc9c8c7c6)cc45)cc3)c3cc4ccc5ccccc5c4c4ccccc34)cc2)cc1. The second-order valence-electron chi connectivity index (χ2n) is 26.2. The third-order valence-corrected chi connectivity index (χ3v) is 23.0. The molecule has 2 aromatic heterocycles. The van der Waals surface area contributed by atoms with Gasteiger partial charge >= 0.3 is 0 Å². The zero-order valence-electron chi connectivity index (χ0n) is 54.4. The summed E-state index contributed by atoms with van der Waals surface area (Å²) in [7, 11) is 0. The molecule has 466 valence electrons. The maximum absolute atomic E-state index is 2.46. The van der Waals surface area contributed by atoms with Crippen molar-refractivity contribution in [3.63, 3.8) is 0 Å². The van der Waals surface area contributed by atoms with Gasteiger partial charge in [0.1, 0.15) is 0 Å². The molecular formula is C96H60N2S2. The van der Waals surface area contributed by atoms with E-state index in [-0.39, 0.29) is 0 Å². The smallest absolute Gasteiger partial charge is 0.0546 e. The molecule has 0 bridgehead atoms. The number of hydrogen-bond donors (Lipinski definition) is 0. The molecule has 0 saturated heterocycles. The van der Waals surface area contributed by atoms with E-state index in [4.69, 9.17) is 0 Å². The first-order valence-corrected chi connectivity index (χ1v) is 35.9. The first-order chi connectivity index (χ1) is 49.6. The lowest BCUT2D eigenvalue weighted by atomic mass is 9.92. The lowest BCUT2D eigenvalue weighted by Gasteiger charge is -2.28. The largest absolute Gasteiger partial charge is 0.310 e. The molecule has 0 amide bonds. The normalized spacial score (nSPS) is 11.8. The van der Waals surface area contributed by atoms with Crippen LogP contribution in [-0.2, 0) is 0 Å². The minimum Gasteiger partial charge on any atom is -0.310 e. The Kier molecular flexibility index (Phi) is 13.7. The third kappa shape index (κ3) is 9.67. The van der Waals surface area contributed by atoms with E-state index in [1.165, 1.54) is 161 Å². The van der Waals surface area contributed by atoms with Crippen LogP contribution in [-0.4, -0.2) is 0 Å². The summed E-state index contributed by atoms with van der Waals surface area (Å²) in [5.41, 5.74) is 18.7. The summed E-state index contributed by atoms with van der Waals surface area (Å²) in [5.74, 6) is 0. The Balaban J connectivity index is 0.671. The fraction of sp³-hybridized carbons (Fsp3) is 0. The van der Waals surface area contributed by atoms with Gasteiger partial charge in [-0.15, -0.1) is 22.7 Å². The maximum atomic E-state index is 2.46. The van der Waals surface area contributed by atoms with E-state index >= 15 is 0 Å². The summed E-state index contributed by atoms with van der Waals surface area (Å²) in [4.78, 5) is 4.90. The fourth-order valence-electron chi connectivity index (χ4n) is 15.8. The summed E-state index contributed by atoms with van der Waals surface area (Å²) in [5, 5.41) is 19.9. The second kappa shape index (κ2) is 23.7. The van der Waals surface area contributed by atoms with Crippen LogP contribution in [0.25, 0.3) is 161 Å². The average molecular weight is 1310 g/mol. The molecule has 2 nitrogen and oxygen atoms in total. The van der Waals surface area contributed by atoms with Crippen molar-refractivity contribution >= 4 is 162 Å². The summed E-state index contributed by atoms with van der Waals surface area (Å²) in [6.07, 6.45) is 0. The van der Waals surface area contributed by atoms with Crippen LogP contribution in [0.4, 0.5) is 34.1 Å². The highest BCUT2D eigenvalue weighted by Crippen LogP contribution is 2.50. The Morgan fingerprint density at radius 2 is 0.560 bits per heavy atom. The molecule has 2 heterocycles. The zero-order valence-corrected chi connectivity index (χ0v) is 56.0. The van der Waals surface area contributed by atoms with Gasteiger partial charge in [0.25, 0.3) is 0 Å². The Morgan fingerprint density at radius 1 is 0.180 bits per heavy atom. The van der Waals surface area contributed by atoms with Crippen molar-refractivity contribution in [2.45, 2.75) is 0 Å². The minimum absolute atomic E-state index is 1.09. The number of anilines is 6. The van der Waals surface area contributed by atoms with Gasteiger partial charge < -0.3 is 9.80 Å². The topological polar surface area (TPSA) is 6.48 Å². The summed E-state index contributed by atoms with van der Waals surface area (Å²) < 4.78 is 5.18. The zero-order chi connectivity index (χ0) is 65.8. The van der Waals surface area contributed by atoms with Crippen LogP contribution in [0.15, 0.2) is 364 Å². The molecule has 0 unspecified atom stereocenters. The average Bonchev–Trinajstić information content (AvgIpc) is 0.977. The van der Waals surface area contributed by atoms with Gasteiger partial charge in [-0.2, -0.15) is 0 Å². The van der Waals surface area contributed by atoms with Gasteiger partial charge in [0.05, 0.1) is 11.4 Å². The number of nitrogens with zero attached hydrogens (tertiary/aromatic N) is 2. The molecular weight excluding hydrogens is 1250 g/mol. The first-order valence-electron chi connectivity index (χ1n) is 34.3. The number of thiophene rings is 2. The highest BCUT2D eigenvalue weighted by Gasteiger charge is 2.23. The minimum atomic E-state index is 1.09. The van der Waals surface area contributed by atoms with E-state index in [1.54, 1.807) is 0 Å². The number of benzene rings is 18. The molecule has 0 saturated carbocycles. The molecule has 0 aliphatic carbocycles. The molecule has 20 rings (SSSR count). The first kappa shape index (κ1) is 57.8. The Morgan fingerprint density at radius 3 is 1.15 bits per heavy atom. The molecule has 0 aliphatic heterocycles. The molecule has 20 aromatic rings. The van der Waals surface area contributed by atoms with Crippen LogP contribution in [0.1, 0.15) is 0 Å². The van der Waals surface area contributed by atoms with Gasteiger partial charge in [-0.1, -0.05) is 273 Å². The van der Waals surface area contributed by atoms with Crippen LogP contribution in [0, 0.1) is 0 Å². The monoisotopic (exact) mass is 1300 g/mol. The van der Waals surface area contributed by atoms with Gasteiger partial charge in [0.15, 0.2) is 0 Å². The quantitative estimate of drug-likeness (QED) is 0.119. The fourth-order valence-corrected chi connectivity index (χ4v) is 18.2. The lowest BCUT2D eigenvalue weighted by Crippen LogP contribution is -2.10. The highest BCUT2D eigenvalue weighted by molar-refractivity contribution is 7.26. The van der Waals surface area contributed by atoms with Crippen molar-refractivity contribution < 1.29 is 0 Å². The number of rotatable bonds is 11. The summed E-state index contributed by atoms with van der Waals surface area (Å²) >= 11 is 3.75. The van der Waals surface area contributed by atoms with Crippen molar-refractivity contribution in [3.8, 4) is 55.6 Å². The van der Waals surface area contributed by atoms with E-state index in [0.29, 0.717) is 0 Å². The van der Waals surface area contributed by atoms with Crippen LogP contribution in [0.3, 0.4) is 0 Å². The van der Waals surface area contributed by atoms with E-state index < -0.39 is 0 Å². The molecule has 0 radical (unpaired) electrons. The van der Waals surface area contributed by atoms with Crippen LogP contribution in [0.2, 0.25) is 0 Å². The highest BCUT2D eigenvalue weighted by atomic mass is 32.1. The molecule has 0 aliphatic rings. The summed E-state index contributed by atoms with van der Waals surface area (Å²) in [6.45, 7) is 0. The van der Waals surface area contributed by atoms with E-state index in [0.717, 1.165) is 34.1 Å². The van der Waals surface area contributed by atoms with Crippen LogP contribution >= 0.6 is 22.7 Å². The molecule has 4 heteroatoms. The molecule has 0 N–H and O–H groups in total. The predicted molar refractivity (Wildman–Crippen MR) is 434 cm³/mol. The van der Waals surface area contributed by atoms with Gasteiger partial charge in [0.2, 0.25) is 0 Å². The molecule has 0 atom stereocenters. The van der Waals surface area contributed by atoms with E-state index in [9.17, 15) is 0 Å². The van der Waals surface area contributed by atoms with Crippen LogP contribution in [0.5, 0.6) is 0 Å². The number of fused-ring (bicyclic) bond motifs is 16. The van der Waals surface area contributed by atoms with Crippen molar-refractivity contribution in [1.82, 2.24) is 0 Å². The Bertz CT molecular complexity index is 6610. The molecule has 18 aromatic carbocycles. The lowest BCUT2D eigenvalue weighted by molar-refractivity contribution is 1.30. The van der Waals surface area contributed by atoms with Crippen molar-refractivity contribution in [2.24, 2.45) is 0 Å². The van der Waals surface area contributed by atoms with Gasteiger partial charge in [-0.25, -0.2) is 0 Å². The maximum Gasteiger partial charge on any atom is 0.0546 e. The number of hydrogen-bond acceptors (Lipinski definition) is 4. The van der Waals surface area contributed by atoms with Crippen molar-refractivity contribution in [2.75, 3.05) is 9.80 Å². The van der Waals surface area contributed by atoms with E-state index in [1.807, 2.05) is 22.7 Å². The van der Waals surface area contributed by atoms with Gasteiger partial charge in [0, 0.05) is 73.9 Å². The molecule has 0 fully saturated rings. The Hall–Kier alpha value is -12.4. The predicted octanol–water partition coefficient (Wildman–Crippen LogP) is 28.6. The van der Waals surface area contributed by atoms with Gasteiger partial charge in [-0.05, 0) is 200 Å². The van der Waals surface area contributed by atoms with Gasteiger partial charge in [-0.3, -0.25) is 0 Å². The van der Waals surface area contributed by atoms with E-state index in [2.05, 4.69) is 374 Å². The Labute approximate surface area is 587 Å². The standard InChI is InChI=1S/C96H60N2S2/c1-3-17-61(18-4-1)63-39-48-73(49-40-63)97(75-52-43-66(44-53-75)78-28-16-32-92-95(78)85-27-13-14-31-90(85)99-92)89-60-72-38-35-68-33-36-69(57-86(68)94(72)83-26-12-10-24-81(83)89)70-47-56-91-87(58-70)84-30-15-29-79(96(84)100-91)67-45-54-76(55-46-67)98(74-50-41-64(42-51-74)62-19-5-2-6-20-62)88-59-71-37-34-65-21-7-8-22-77(65)93(71)82-25-11-9-23-80(82)88/h1-60H. The van der Waals surface area contributed by atoms with Crippen molar-refractivity contribution in [3.05, 3.63) is 364 Å².